The molecule has 1 rings (SSSR count). The normalized spacial score (nSPS) is 26.0. The summed E-state index contributed by atoms with van der Waals surface area (Å²) in [6.07, 6.45) is 3.14. The number of halogens is 2. The number of allylic oxidation sites excluding steroid dienone is 1. The highest BCUT2D eigenvalue weighted by atomic mass is 35.7. The molecular weight excluding hydrogens is 147 g/mol. The molecule has 0 aromatic carbocycles. The zero-order valence-electron chi connectivity index (χ0n) is 3.82. The number of rotatable bonds is 0. The lowest BCUT2D eigenvalue weighted by molar-refractivity contribution is 1.23. The summed E-state index contributed by atoms with van der Waals surface area (Å²) in [5.41, 5.74) is 1.97. The lowest BCUT2D eigenvalue weighted by Crippen LogP contribution is -2.09. The van der Waals surface area contributed by atoms with E-state index in [1.54, 1.807) is 0 Å². The van der Waals surface area contributed by atoms with Gasteiger partial charge in [0, 0.05) is 0 Å². The maximum Gasteiger partial charge on any atom is 0.273 e. The molecular formula is C4H6Cl2Si. The molecule has 0 aromatic heterocycles. The molecule has 0 spiro atoms. The predicted molar refractivity (Wildman–Crippen MR) is 36.0 cm³/mol. The van der Waals surface area contributed by atoms with Gasteiger partial charge in [0.05, 0.1) is 0 Å². The predicted octanol–water partition coefficient (Wildman–Crippen LogP) is 2.41. The van der Waals surface area contributed by atoms with Gasteiger partial charge in [-0.2, -0.15) is 0 Å². The lowest BCUT2D eigenvalue weighted by atomic mass is 10.5. The third-order valence-corrected chi connectivity index (χ3v) is 4.57. The fourth-order valence-corrected chi connectivity index (χ4v) is 3.03. The third kappa shape index (κ3) is 1.48. The first-order chi connectivity index (χ1) is 3.21. The molecule has 0 unspecified atom stereocenters. The van der Waals surface area contributed by atoms with Gasteiger partial charge in [-0.25, -0.2) is 0 Å². The fourth-order valence-electron chi connectivity index (χ4n) is 0.615. The van der Waals surface area contributed by atoms with E-state index in [1.807, 2.05) is 5.70 Å². The minimum Gasteiger partial charge on any atom is -0.140 e. The molecule has 0 saturated heterocycles. The van der Waals surface area contributed by atoms with Crippen LogP contribution in [0.3, 0.4) is 0 Å². The van der Waals surface area contributed by atoms with Gasteiger partial charge in [0.25, 0.3) is 6.69 Å². The summed E-state index contributed by atoms with van der Waals surface area (Å²) >= 11 is 11.6. The molecule has 0 aromatic rings. The lowest BCUT2D eigenvalue weighted by Gasteiger charge is -2.00. The van der Waals surface area contributed by atoms with Crippen molar-refractivity contribution in [2.75, 3.05) is 0 Å². The van der Waals surface area contributed by atoms with Gasteiger partial charge in [-0.3, -0.25) is 0 Å². The maximum absolute atomic E-state index is 5.79. The second-order valence-corrected chi connectivity index (χ2v) is 8.68. The Balaban J connectivity index is 2.57. The van der Waals surface area contributed by atoms with Crippen LogP contribution in [0.25, 0.3) is 0 Å². The molecule has 0 saturated carbocycles. The van der Waals surface area contributed by atoms with Crippen LogP contribution >= 0.6 is 22.2 Å². The van der Waals surface area contributed by atoms with Gasteiger partial charge in [0.2, 0.25) is 0 Å². The molecule has 0 fully saturated rings. The fraction of sp³-hybridized carbons (Fsp3) is 0.500. The van der Waals surface area contributed by atoms with E-state index in [-0.39, 0.29) is 0 Å². The Hall–Kier alpha value is 0.537. The van der Waals surface area contributed by atoms with Crippen LogP contribution < -0.4 is 0 Å². The third-order valence-electron chi connectivity index (χ3n) is 1.01. The Morgan fingerprint density at radius 2 is 2.14 bits per heavy atom. The van der Waals surface area contributed by atoms with Crippen LogP contribution in [0, 0.1) is 0 Å². The minimum absolute atomic E-state index is 1.01. The standard InChI is InChI=1S/C4H6Cl2Si/c5-7(6)3-1-2-4-7/h1,3H,2,4H2. The van der Waals surface area contributed by atoms with Gasteiger partial charge in [0.1, 0.15) is 0 Å². The highest BCUT2D eigenvalue weighted by Crippen LogP contribution is 2.28. The Kier molecular flexibility index (Phi) is 1.46. The molecule has 1 aliphatic rings. The largest absolute Gasteiger partial charge is 0.273 e. The molecule has 0 N–H and O–H groups in total. The molecule has 0 bridgehead atoms. The van der Waals surface area contributed by atoms with E-state index in [0.29, 0.717) is 0 Å². The average molecular weight is 153 g/mol. The Labute approximate surface area is 53.5 Å². The quantitative estimate of drug-likeness (QED) is 0.370. The summed E-state index contributed by atoms with van der Waals surface area (Å²) in [6.45, 7) is -1.78. The first-order valence-electron chi connectivity index (χ1n) is 2.26. The molecule has 3 heteroatoms. The summed E-state index contributed by atoms with van der Waals surface area (Å²) in [5.74, 6) is 0. The van der Waals surface area contributed by atoms with Gasteiger partial charge >= 0.3 is 0 Å². The smallest absolute Gasteiger partial charge is 0.140 e. The molecule has 1 aliphatic heterocycles. The van der Waals surface area contributed by atoms with Crippen LogP contribution in [0.5, 0.6) is 0 Å². The van der Waals surface area contributed by atoms with E-state index in [1.165, 1.54) is 0 Å². The number of hydrogen-bond acceptors (Lipinski definition) is 0. The second-order valence-electron chi connectivity index (χ2n) is 1.70. The van der Waals surface area contributed by atoms with Crippen molar-refractivity contribution in [2.45, 2.75) is 12.5 Å². The van der Waals surface area contributed by atoms with Crippen molar-refractivity contribution in [3.8, 4) is 0 Å². The minimum atomic E-state index is -1.78. The molecule has 0 radical (unpaired) electrons. The van der Waals surface area contributed by atoms with Crippen LogP contribution in [0.2, 0.25) is 6.04 Å². The maximum atomic E-state index is 5.79. The van der Waals surface area contributed by atoms with Crippen LogP contribution in [0.1, 0.15) is 6.42 Å². The van der Waals surface area contributed by atoms with E-state index in [0.717, 1.165) is 12.5 Å². The Bertz CT molecular complexity index is 97.9. The Morgan fingerprint density at radius 1 is 1.43 bits per heavy atom. The van der Waals surface area contributed by atoms with Crippen molar-refractivity contribution >= 4 is 28.9 Å². The highest BCUT2D eigenvalue weighted by Gasteiger charge is 2.26. The highest BCUT2D eigenvalue weighted by molar-refractivity contribution is 7.47. The van der Waals surface area contributed by atoms with E-state index >= 15 is 0 Å². The monoisotopic (exact) mass is 152 g/mol. The van der Waals surface area contributed by atoms with Gasteiger partial charge in [-0.15, -0.1) is 22.2 Å². The van der Waals surface area contributed by atoms with E-state index in [9.17, 15) is 0 Å². The van der Waals surface area contributed by atoms with Crippen molar-refractivity contribution in [3.63, 3.8) is 0 Å². The van der Waals surface area contributed by atoms with Crippen molar-refractivity contribution in [1.29, 1.82) is 0 Å². The van der Waals surface area contributed by atoms with Crippen molar-refractivity contribution in [1.82, 2.24) is 0 Å². The van der Waals surface area contributed by atoms with Gasteiger partial charge in [0.15, 0.2) is 0 Å². The molecule has 0 atom stereocenters. The summed E-state index contributed by atoms with van der Waals surface area (Å²) in [7, 11) is 0. The van der Waals surface area contributed by atoms with Crippen molar-refractivity contribution < 1.29 is 0 Å². The zero-order valence-corrected chi connectivity index (χ0v) is 6.34. The second kappa shape index (κ2) is 1.80. The molecule has 0 amide bonds. The topological polar surface area (TPSA) is 0 Å². The van der Waals surface area contributed by atoms with E-state index in [4.69, 9.17) is 22.2 Å². The molecule has 0 aliphatic carbocycles. The van der Waals surface area contributed by atoms with Crippen molar-refractivity contribution in [2.24, 2.45) is 0 Å². The summed E-state index contributed by atoms with van der Waals surface area (Å²) in [5, 5.41) is 0. The van der Waals surface area contributed by atoms with E-state index < -0.39 is 6.69 Å². The van der Waals surface area contributed by atoms with E-state index in [2.05, 4.69) is 6.08 Å². The zero-order chi connectivity index (χ0) is 5.33. The molecule has 0 nitrogen and oxygen atoms in total. The Morgan fingerprint density at radius 3 is 2.29 bits per heavy atom. The average Bonchev–Trinajstić information content (AvgIpc) is 1.84. The first kappa shape index (κ1) is 5.67. The van der Waals surface area contributed by atoms with Crippen LogP contribution in [0.15, 0.2) is 11.8 Å². The van der Waals surface area contributed by atoms with Gasteiger partial charge < -0.3 is 0 Å². The SMILES string of the molecule is Cl[Si]1(Cl)C=CCC1. The first-order valence-corrected chi connectivity index (χ1v) is 6.57. The number of hydrogen-bond donors (Lipinski definition) is 0. The summed E-state index contributed by atoms with van der Waals surface area (Å²) in [4.78, 5) is 0. The van der Waals surface area contributed by atoms with Crippen LogP contribution in [-0.2, 0) is 0 Å². The van der Waals surface area contributed by atoms with Crippen LogP contribution in [-0.4, -0.2) is 6.69 Å². The summed E-state index contributed by atoms with van der Waals surface area (Å²) < 4.78 is 0. The van der Waals surface area contributed by atoms with Gasteiger partial charge in [-0.05, 0) is 12.5 Å². The van der Waals surface area contributed by atoms with Gasteiger partial charge in [-0.1, -0.05) is 11.8 Å². The van der Waals surface area contributed by atoms with Crippen molar-refractivity contribution in [3.05, 3.63) is 11.8 Å². The summed E-state index contributed by atoms with van der Waals surface area (Å²) in [6, 6.07) is 1.01. The molecule has 7 heavy (non-hydrogen) atoms. The molecule has 40 valence electrons. The van der Waals surface area contributed by atoms with Crippen LogP contribution in [0.4, 0.5) is 0 Å². The molecule has 1 heterocycles.